The average molecular weight is 383 g/mol. The van der Waals surface area contributed by atoms with Crippen LogP contribution in [0.1, 0.15) is 0 Å². The lowest BCUT2D eigenvalue weighted by Gasteiger charge is -2.14. The number of nitrogens with zero attached hydrogens (tertiary/aromatic N) is 3. The summed E-state index contributed by atoms with van der Waals surface area (Å²) < 4.78 is 13.3. The predicted octanol–water partition coefficient (Wildman–Crippen LogP) is 2.57. The van der Waals surface area contributed by atoms with Gasteiger partial charge in [-0.1, -0.05) is 0 Å². The van der Waals surface area contributed by atoms with Crippen molar-refractivity contribution in [1.82, 2.24) is 14.4 Å². The van der Waals surface area contributed by atoms with Gasteiger partial charge < -0.3 is 23.8 Å². The third-order valence-corrected chi connectivity index (χ3v) is 4.76. The molecular weight excluding hydrogens is 354 g/mol. The molecule has 0 saturated heterocycles. The standard InChI is InChI=1S/C22H29N3O3/c1-23(2)10-12-27-16-6-8-18-19-9-7-17(28-13-11-24(3)4)15-21(19)25(5)22(26)20(18)14-16/h6-9,14-15H,10-13H2,1-5H3. The fourth-order valence-electron chi connectivity index (χ4n) is 3.11. The molecule has 1 aromatic heterocycles. The van der Waals surface area contributed by atoms with Gasteiger partial charge >= 0.3 is 0 Å². The van der Waals surface area contributed by atoms with Crippen LogP contribution in [0.25, 0.3) is 21.7 Å². The Balaban J connectivity index is 1.96. The monoisotopic (exact) mass is 383 g/mol. The van der Waals surface area contributed by atoms with Gasteiger partial charge in [-0.3, -0.25) is 4.79 Å². The Hall–Kier alpha value is -2.57. The van der Waals surface area contributed by atoms with Gasteiger partial charge in [-0.2, -0.15) is 0 Å². The van der Waals surface area contributed by atoms with Crippen molar-refractivity contribution in [2.75, 3.05) is 54.5 Å². The lowest BCUT2D eigenvalue weighted by molar-refractivity contribution is 0.261. The van der Waals surface area contributed by atoms with Crippen molar-refractivity contribution in [3.8, 4) is 11.5 Å². The molecule has 0 bridgehead atoms. The Bertz CT molecular complexity index is 1020. The molecule has 0 aliphatic heterocycles. The Morgan fingerprint density at radius 2 is 1.32 bits per heavy atom. The molecule has 0 aliphatic rings. The smallest absolute Gasteiger partial charge is 0.258 e. The second-order valence-corrected chi connectivity index (χ2v) is 7.55. The number of fused-ring (bicyclic) bond motifs is 3. The van der Waals surface area contributed by atoms with Crippen molar-refractivity contribution in [2.45, 2.75) is 0 Å². The van der Waals surface area contributed by atoms with Crippen molar-refractivity contribution in [2.24, 2.45) is 7.05 Å². The highest BCUT2D eigenvalue weighted by atomic mass is 16.5. The van der Waals surface area contributed by atoms with Crippen LogP contribution < -0.4 is 15.0 Å². The maximum absolute atomic E-state index is 12.9. The molecule has 0 spiro atoms. The summed E-state index contributed by atoms with van der Waals surface area (Å²) in [5.74, 6) is 1.49. The summed E-state index contributed by atoms with van der Waals surface area (Å²) in [5, 5.41) is 2.62. The number of rotatable bonds is 8. The van der Waals surface area contributed by atoms with Gasteiger partial charge in [-0.15, -0.1) is 0 Å². The van der Waals surface area contributed by atoms with Gasteiger partial charge in [0.05, 0.1) is 10.9 Å². The average Bonchev–Trinajstić information content (AvgIpc) is 2.65. The molecule has 0 saturated carbocycles. The van der Waals surface area contributed by atoms with E-state index in [1.165, 1.54) is 0 Å². The summed E-state index contributed by atoms with van der Waals surface area (Å²) in [5.41, 5.74) is 0.826. The van der Waals surface area contributed by atoms with Gasteiger partial charge in [0.15, 0.2) is 0 Å². The number of aryl methyl sites for hydroxylation is 1. The first-order valence-corrected chi connectivity index (χ1v) is 9.48. The highest BCUT2D eigenvalue weighted by Gasteiger charge is 2.11. The van der Waals surface area contributed by atoms with E-state index < -0.39 is 0 Å². The zero-order valence-electron chi connectivity index (χ0n) is 17.4. The first-order valence-electron chi connectivity index (χ1n) is 9.48. The quantitative estimate of drug-likeness (QED) is 0.560. The van der Waals surface area contributed by atoms with E-state index in [0.717, 1.165) is 40.9 Å². The van der Waals surface area contributed by atoms with Crippen LogP contribution in [0.2, 0.25) is 0 Å². The van der Waals surface area contributed by atoms with E-state index in [0.29, 0.717) is 18.6 Å². The van der Waals surface area contributed by atoms with Crippen molar-refractivity contribution < 1.29 is 9.47 Å². The number of likely N-dealkylation sites (N-methyl/N-ethyl adjacent to an activating group) is 2. The SMILES string of the molecule is CN(C)CCOc1ccc2c(c1)c(=O)n(C)c1cc(OCCN(C)C)ccc21. The van der Waals surface area contributed by atoms with Crippen molar-refractivity contribution in [3.05, 3.63) is 46.8 Å². The van der Waals surface area contributed by atoms with Crippen LogP contribution in [0.15, 0.2) is 41.2 Å². The van der Waals surface area contributed by atoms with Crippen LogP contribution in [0, 0.1) is 0 Å². The molecule has 3 rings (SSSR count). The molecule has 0 atom stereocenters. The predicted molar refractivity (Wildman–Crippen MR) is 115 cm³/mol. The molecule has 2 aromatic carbocycles. The van der Waals surface area contributed by atoms with Crippen molar-refractivity contribution in [1.29, 1.82) is 0 Å². The molecule has 6 heteroatoms. The minimum Gasteiger partial charge on any atom is -0.492 e. The van der Waals surface area contributed by atoms with E-state index in [4.69, 9.17) is 9.47 Å². The van der Waals surface area contributed by atoms with Crippen LogP contribution in [0.5, 0.6) is 11.5 Å². The minimum atomic E-state index is -0.0361. The van der Waals surface area contributed by atoms with Gasteiger partial charge in [0.25, 0.3) is 5.56 Å². The second-order valence-electron chi connectivity index (χ2n) is 7.55. The Kier molecular flexibility index (Phi) is 6.21. The molecule has 150 valence electrons. The second kappa shape index (κ2) is 8.63. The molecule has 0 fully saturated rings. The molecule has 0 amide bonds. The summed E-state index contributed by atoms with van der Waals surface area (Å²) in [6.45, 7) is 2.85. The topological polar surface area (TPSA) is 46.9 Å². The molecule has 0 radical (unpaired) electrons. The van der Waals surface area contributed by atoms with Gasteiger partial charge in [-0.05, 0) is 63.9 Å². The van der Waals surface area contributed by atoms with Gasteiger partial charge in [0, 0.05) is 31.6 Å². The van der Waals surface area contributed by atoms with E-state index in [9.17, 15) is 4.79 Å². The Morgan fingerprint density at radius 3 is 1.89 bits per heavy atom. The largest absolute Gasteiger partial charge is 0.492 e. The van der Waals surface area contributed by atoms with Crippen LogP contribution >= 0.6 is 0 Å². The lowest BCUT2D eigenvalue weighted by atomic mass is 10.1. The summed E-state index contributed by atoms with van der Waals surface area (Å²) >= 11 is 0. The molecule has 28 heavy (non-hydrogen) atoms. The van der Waals surface area contributed by atoms with Gasteiger partial charge in [0.1, 0.15) is 24.7 Å². The third-order valence-electron chi connectivity index (χ3n) is 4.76. The van der Waals surface area contributed by atoms with Crippen LogP contribution in [0.4, 0.5) is 0 Å². The maximum atomic E-state index is 12.9. The third kappa shape index (κ3) is 4.46. The molecular formula is C22H29N3O3. The van der Waals surface area contributed by atoms with Gasteiger partial charge in [-0.25, -0.2) is 0 Å². The number of hydrogen-bond acceptors (Lipinski definition) is 5. The van der Waals surface area contributed by atoms with Gasteiger partial charge in [0.2, 0.25) is 0 Å². The summed E-state index contributed by atoms with van der Waals surface area (Å²) in [6.07, 6.45) is 0. The fourth-order valence-corrected chi connectivity index (χ4v) is 3.11. The number of aromatic nitrogens is 1. The molecule has 0 aliphatic carbocycles. The summed E-state index contributed by atoms with van der Waals surface area (Å²) in [4.78, 5) is 17.1. The lowest BCUT2D eigenvalue weighted by Crippen LogP contribution is -2.20. The highest BCUT2D eigenvalue weighted by Crippen LogP contribution is 2.28. The van der Waals surface area contributed by atoms with Crippen LogP contribution in [-0.4, -0.2) is 68.9 Å². The molecule has 6 nitrogen and oxygen atoms in total. The van der Waals surface area contributed by atoms with E-state index >= 15 is 0 Å². The van der Waals surface area contributed by atoms with Crippen LogP contribution in [0.3, 0.4) is 0 Å². The van der Waals surface area contributed by atoms with E-state index in [2.05, 4.69) is 9.80 Å². The molecule has 3 aromatic rings. The molecule has 1 heterocycles. The highest BCUT2D eigenvalue weighted by molar-refractivity contribution is 6.06. The van der Waals surface area contributed by atoms with E-state index in [-0.39, 0.29) is 5.56 Å². The van der Waals surface area contributed by atoms with E-state index in [1.807, 2.05) is 64.6 Å². The van der Waals surface area contributed by atoms with Crippen molar-refractivity contribution >= 4 is 21.7 Å². The van der Waals surface area contributed by atoms with E-state index in [1.54, 1.807) is 11.6 Å². The first-order chi connectivity index (χ1) is 13.4. The summed E-state index contributed by atoms with van der Waals surface area (Å²) in [6, 6.07) is 11.7. The van der Waals surface area contributed by atoms with Crippen molar-refractivity contribution in [3.63, 3.8) is 0 Å². The first kappa shape index (κ1) is 20.2. The number of hydrogen-bond donors (Lipinski definition) is 0. The van der Waals surface area contributed by atoms with Crippen LogP contribution in [-0.2, 0) is 7.05 Å². The minimum absolute atomic E-state index is 0.0361. The molecule has 0 N–H and O–H groups in total. The normalized spacial score (nSPS) is 11.7. The Morgan fingerprint density at radius 1 is 0.786 bits per heavy atom. The zero-order valence-corrected chi connectivity index (χ0v) is 17.4. The maximum Gasteiger partial charge on any atom is 0.258 e. The molecule has 0 unspecified atom stereocenters. The number of ether oxygens (including phenoxy) is 2. The fraction of sp³-hybridized carbons (Fsp3) is 0.409. The number of benzene rings is 2. The number of pyridine rings is 1. The zero-order chi connectivity index (χ0) is 20.3. The summed E-state index contributed by atoms with van der Waals surface area (Å²) in [7, 11) is 9.83. The Labute approximate surface area is 165 Å².